The van der Waals surface area contributed by atoms with Gasteiger partial charge in [-0.2, -0.15) is 15.5 Å². The Morgan fingerprint density at radius 2 is 0.958 bits per heavy atom. The van der Waals surface area contributed by atoms with Gasteiger partial charge in [0.1, 0.15) is 23.3 Å². The van der Waals surface area contributed by atoms with Crippen LogP contribution in [0.25, 0.3) is 11.4 Å². The predicted molar refractivity (Wildman–Crippen MR) is 280 cm³/mol. The van der Waals surface area contributed by atoms with Crippen molar-refractivity contribution >= 4 is 64.2 Å². The third-order valence-electron chi connectivity index (χ3n) is 11.9. The lowest BCUT2D eigenvalue weighted by Gasteiger charge is -2.11. The normalized spacial score (nSPS) is 13.8. The van der Waals surface area contributed by atoms with E-state index in [0.717, 1.165) is 71.4 Å². The van der Waals surface area contributed by atoms with Crippen molar-refractivity contribution in [2.45, 2.75) is 119 Å². The van der Waals surface area contributed by atoms with Crippen molar-refractivity contribution < 1.29 is 28.8 Å². The lowest BCUT2D eigenvalue weighted by atomic mass is 10.1. The van der Waals surface area contributed by atoms with Gasteiger partial charge in [0.25, 0.3) is 17.7 Å². The lowest BCUT2D eigenvalue weighted by Crippen LogP contribution is -2.25. The number of carbonyl (C=O) groups excluding carboxylic acids is 6. The molecule has 3 aliphatic rings. The van der Waals surface area contributed by atoms with E-state index >= 15 is 0 Å². The zero-order valence-electron chi connectivity index (χ0n) is 42.4. The van der Waals surface area contributed by atoms with Crippen LogP contribution in [0.3, 0.4) is 0 Å². The summed E-state index contributed by atoms with van der Waals surface area (Å²) >= 11 is 1.42. The summed E-state index contributed by atoms with van der Waals surface area (Å²) in [6, 6.07) is 19.4. The molecule has 3 aliphatic carbocycles. The summed E-state index contributed by atoms with van der Waals surface area (Å²) in [6.45, 7) is 15.5. The van der Waals surface area contributed by atoms with E-state index in [1.54, 1.807) is 45.0 Å². The van der Waals surface area contributed by atoms with Crippen molar-refractivity contribution in [2.75, 3.05) is 30.1 Å². The minimum atomic E-state index is -0.158. The summed E-state index contributed by atoms with van der Waals surface area (Å²) in [5.41, 5.74) is 21.8. The highest BCUT2D eigenvalue weighted by atomic mass is 32.2. The Bertz CT molecular complexity index is 2810. The van der Waals surface area contributed by atoms with Gasteiger partial charge in [0, 0.05) is 52.5 Å². The maximum Gasteiger partial charge on any atom is 0.251 e. The van der Waals surface area contributed by atoms with Gasteiger partial charge in [-0.3, -0.25) is 28.8 Å². The molecular weight excluding hydrogens is 919 g/mol. The quantitative estimate of drug-likeness (QED) is 0.0372. The van der Waals surface area contributed by atoms with Crippen LogP contribution in [0, 0.1) is 45.9 Å². The van der Waals surface area contributed by atoms with Crippen molar-refractivity contribution in [1.29, 1.82) is 5.26 Å². The second kappa shape index (κ2) is 23.9. The second-order valence-corrected chi connectivity index (χ2v) is 19.0. The molecule has 8 N–H and O–H groups in total. The van der Waals surface area contributed by atoms with Crippen molar-refractivity contribution in [3.8, 4) is 17.4 Å². The van der Waals surface area contributed by atoms with Gasteiger partial charge in [0.05, 0.1) is 33.9 Å². The highest BCUT2D eigenvalue weighted by Crippen LogP contribution is 2.28. The van der Waals surface area contributed by atoms with Crippen molar-refractivity contribution in [1.82, 2.24) is 35.5 Å². The van der Waals surface area contributed by atoms with Gasteiger partial charge in [0.15, 0.2) is 17.3 Å². The molecule has 0 aliphatic heterocycles. The number of nitrogens with two attached hydrogens (primary N) is 2. The molecule has 0 radical (unpaired) electrons. The molecule has 0 bridgehead atoms. The van der Waals surface area contributed by atoms with Crippen LogP contribution in [0.15, 0.2) is 65.1 Å². The van der Waals surface area contributed by atoms with Gasteiger partial charge in [-0.1, -0.05) is 18.2 Å². The maximum absolute atomic E-state index is 12.2. The Labute approximate surface area is 419 Å². The molecule has 0 atom stereocenters. The summed E-state index contributed by atoms with van der Waals surface area (Å²) in [4.78, 5) is 71.1. The first kappa shape index (κ1) is 54.4. The fourth-order valence-electron chi connectivity index (χ4n) is 7.31. The number of Topliss-reactive ketones (excluding diaryl/α,β-unsaturated/α-hetero) is 3. The molecule has 3 fully saturated rings. The van der Waals surface area contributed by atoms with Crippen LogP contribution >= 0.6 is 11.8 Å². The number of nitrogen functional groups attached to an aromatic ring is 2. The molecule has 0 saturated heterocycles. The monoisotopic (exact) mass is 983 g/mol. The summed E-state index contributed by atoms with van der Waals surface area (Å²) < 4.78 is 3.07. The van der Waals surface area contributed by atoms with Gasteiger partial charge in [-0.15, -0.1) is 11.8 Å². The van der Waals surface area contributed by atoms with Gasteiger partial charge in [0.2, 0.25) is 0 Å². The third-order valence-corrected chi connectivity index (χ3v) is 12.7. The van der Waals surface area contributed by atoms with Crippen molar-refractivity contribution in [3.63, 3.8) is 0 Å². The summed E-state index contributed by atoms with van der Waals surface area (Å²) in [5, 5.41) is 29.2. The van der Waals surface area contributed by atoms with Gasteiger partial charge in [-0.25, -0.2) is 9.36 Å². The van der Waals surface area contributed by atoms with Crippen LogP contribution in [0.2, 0.25) is 0 Å². The molecule has 17 nitrogen and oxygen atoms in total. The predicted octanol–water partition coefficient (Wildman–Crippen LogP) is 8.00. The molecule has 3 saturated carbocycles. The number of rotatable bonds is 13. The van der Waals surface area contributed by atoms with Crippen LogP contribution in [-0.4, -0.2) is 86.1 Å². The topological polar surface area (TPSA) is 262 Å². The Hall–Kier alpha value is -7.52. The lowest BCUT2D eigenvalue weighted by molar-refractivity contribution is -0.113. The molecule has 18 heteroatoms. The van der Waals surface area contributed by atoms with Gasteiger partial charge < -0.3 is 32.7 Å². The van der Waals surface area contributed by atoms with E-state index in [0.29, 0.717) is 74.8 Å². The number of ketones is 3. The standard InChI is InChI=1S/2C17H20N4O2.C12H16N2O.C7H9NOS/c2*1-9-4-5-12(17(23)19-13-6-7-13)8-14(9)21-16(18)15(11(3)22)10(2)20-21;1-8-3-4-9(7-11(8)13-2)12(15)14-10-5-6-10;1-5(9)7(4-8)6(2)10-3/h2*4-5,8,13H,6-7,18H2,1-3H3,(H,19,23);3-4,7,10,13H,5-6H2,1-2H3,(H,14,15);1-3H3/b;;;7-6+. The number of anilines is 3. The maximum atomic E-state index is 12.2. The number of benzene rings is 3. The van der Waals surface area contributed by atoms with Crippen LogP contribution in [0.4, 0.5) is 17.3 Å². The number of hydrogen-bond acceptors (Lipinski definition) is 13. The van der Waals surface area contributed by atoms with Crippen LogP contribution in [0.5, 0.6) is 0 Å². The molecule has 2 heterocycles. The number of thioether (sulfide) groups is 1. The van der Waals surface area contributed by atoms with Crippen molar-refractivity contribution in [2.24, 2.45) is 0 Å². The van der Waals surface area contributed by atoms with Gasteiger partial charge >= 0.3 is 0 Å². The highest BCUT2D eigenvalue weighted by Gasteiger charge is 2.27. The Kier molecular flexibility index (Phi) is 18.3. The zero-order valence-corrected chi connectivity index (χ0v) is 43.2. The molecule has 0 spiro atoms. The largest absolute Gasteiger partial charge is 0.388 e. The first-order valence-corrected chi connectivity index (χ1v) is 24.6. The number of aryl methyl sites for hydroxylation is 5. The number of aromatic nitrogens is 4. The fourth-order valence-corrected chi connectivity index (χ4v) is 7.71. The smallest absolute Gasteiger partial charge is 0.251 e. The van der Waals surface area contributed by atoms with Crippen LogP contribution in [0.1, 0.15) is 146 Å². The number of carbonyl (C=O) groups is 6. The first-order chi connectivity index (χ1) is 33.6. The number of hydrogen-bond donors (Lipinski definition) is 6. The molecule has 2 aromatic heterocycles. The van der Waals surface area contributed by atoms with E-state index < -0.39 is 0 Å². The summed E-state index contributed by atoms with van der Waals surface area (Å²) in [7, 11) is 1.87. The number of amides is 3. The number of nitrogens with zero attached hydrogens (tertiary/aromatic N) is 5. The van der Waals surface area contributed by atoms with Crippen LogP contribution in [-0.2, 0) is 4.79 Å². The Morgan fingerprint density at radius 3 is 1.23 bits per heavy atom. The molecule has 5 aromatic rings. The molecule has 374 valence electrons. The van der Waals surface area contributed by atoms with E-state index in [9.17, 15) is 28.8 Å². The molecule has 3 aromatic carbocycles. The Balaban J connectivity index is 0.000000184. The molecule has 0 unspecified atom stereocenters. The first-order valence-electron chi connectivity index (χ1n) is 23.4. The van der Waals surface area contributed by atoms with E-state index in [4.69, 9.17) is 16.7 Å². The summed E-state index contributed by atoms with van der Waals surface area (Å²) in [5.74, 6) is 0.0584. The second-order valence-electron chi connectivity index (χ2n) is 18.0. The average molecular weight is 984 g/mol. The van der Waals surface area contributed by atoms with E-state index in [-0.39, 0.29) is 40.6 Å². The number of nitriles is 1. The van der Waals surface area contributed by atoms with Crippen molar-refractivity contribution in [3.05, 3.63) is 121 Å². The minimum absolute atomic E-state index is 0.0361. The average Bonchev–Trinajstić information content (AvgIpc) is 4.23. The SMILES string of the molecule is CC(=O)c1c(C)nn(-c2cc(C(=O)NC3CC3)ccc2C)c1N.CC(=O)c1c(C)nn(-c2cc(C(=O)NC3CC3)ccc2C)c1N.CNc1cc(C(=O)NC2CC2)ccc1C.CS/C(C)=C(\C#N)C(C)=O. The summed E-state index contributed by atoms with van der Waals surface area (Å²) in [6.07, 6.45) is 8.24. The zero-order chi connectivity index (χ0) is 52.4. The molecular formula is C53H65N11O6S. The minimum Gasteiger partial charge on any atom is -0.388 e. The molecule has 71 heavy (non-hydrogen) atoms. The third kappa shape index (κ3) is 14.3. The molecule has 3 amide bonds. The fraction of sp³-hybridized carbons (Fsp3) is 0.377. The van der Waals surface area contributed by atoms with E-state index in [2.05, 4.69) is 31.5 Å². The number of nitrogens with one attached hydrogen (secondary N) is 4. The highest BCUT2D eigenvalue weighted by molar-refractivity contribution is 8.02. The number of allylic oxidation sites excluding steroid dienone is 2. The van der Waals surface area contributed by atoms with E-state index in [1.807, 2.05) is 70.5 Å². The van der Waals surface area contributed by atoms with Gasteiger partial charge in [-0.05, 0) is 160 Å². The van der Waals surface area contributed by atoms with E-state index in [1.165, 1.54) is 41.9 Å². The molecule has 8 rings (SSSR count). The van der Waals surface area contributed by atoms with Crippen LogP contribution < -0.4 is 32.7 Å². The Morgan fingerprint density at radius 1 is 0.606 bits per heavy atom.